The highest BCUT2D eigenvalue weighted by atomic mass is 16.6. The molecule has 0 unspecified atom stereocenters. The average Bonchev–Trinajstić information content (AvgIpc) is 2.70. The average molecular weight is 408 g/mol. The first-order valence-corrected chi connectivity index (χ1v) is 9.96. The molecule has 1 aliphatic carbocycles. The van der Waals surface area contributed by atoms with E-state index in [-0.39, 0.29) is 22.3 Å². The monoisotopic (exact) mass is 408 g/mol. The summed E-state index contributed by atoms with van der Waals surface area (Å²) in [4.78, 5) is 30.4. The Morgan fingerprint density at radius 3 is 2.10 bits per heavy atom. The summed E-state index contributed by atoms with van der Waals surface area (Å²) in [5.41, 5.74) is 3.99. The van der Waals surface area contributed by atoms with Crippen LogP contribution in [-0.2, 0) is 20.5 Å². The van der Waals surface area contributed by atoms with Crippen LogP contribution in [0.5, 0.6) is 0 Å². The molecule has 158 valence electrons. The first-order chi connectivity index (χ1) is 14.1. The summed E-state index contributed by atoms with van der Waals surface area (Å²) in [6.45, 7) is 8.95. The van der Waals surface area contributed by atoms with Crippen LogP contribution in [0.2, 0.25) is 0 Å². The largest absolute Gasteiger partial charge is 0.478 e. The summed E-state index contributed by atoms with van der Waals surface area (Å²) in [6.07, 6.45) is 3.27. The van der Waals surface area contributed by atoms with E-state index in [1.165, 1.54) is 35.3 Å². The highest BCUT2D eigenvalue weighted by Gasteiger charge is 2.37. The van der Waals surface area contributed by atoms with Crippen molar-refractivity contribution in [1.29, 1.82) is 0 Å². The molecule has 3 rings (SSSR count). The molecule has 30 heavy (non-hydrogen) atoms. The lowest BCUT2D eigenvalue weighted by molar-refractivity contribution is -0.111. The molecule has 2 aromatic rings. The van der Waals surface area contributed by atoms with E-state index >= 15 is 0 Å². The normalized spacial score (nSPS) is 16.7. The second-order valence-electron chi connectivity index (χ2n) is 8.94. The predicted molar refractivity (Wildman–Crippen MR) is 118 cm³/mol. The molecular formula is C24H28N2O4. The van der Waals surface area contributed by atoms with E-state index in [1.807, 2.05) is 6.07 Å². The molecule has 1 aliphatic rings. The van der Waals surface area contributed by atoms with Crippen LogP contribution in [0.15, 0.2) is 47.6 Å². The fourth-order valence-corrected chi connectivity index (χ4v) is 4.03. The maximum Gasteiger partial charge on any atom is 0.335 e. The van der Waals surface area contributed by atoms with Gasteiger partial charge in [-0.1, -0.05) is 38.9 Å². The van der Waals surface area contributed by atoms with Crippen LogP contribution in [0.4, 0.5) is 11.4 Å². The number of oxime groups is 1. The van der Waals surface area contributed by atoms with Gasteiger partial charge in [-0.25, -0.2) is 4.79 Å². The van der Waals surface area contributed by atoms with E-state index in [4.69, 9.17) is 0 Å². The molecule has 0 fully saturated rings. The fraction of sp³-hybridized carbons (Fsp3) is 0.375. The highest BCUT2D eigenvalue weighted by molar-refractivity contribution is 6.34. The van der Waals surface area contributed by atoms with Crippen molar-refractivity contribution < 1.29 is 19.5 Å². The Hall–Kier alpha value is -3.15. The Kier molecular flexibility index (Phi) is 5.70. The van der Waals surface area contributed by atoms with Gasteiger partial charge in [-0.3, -0.25) is 9.69 Å². The summed E-state index contributed by atoms with van der Waals surface area (Å²) in [5.74, 6) is -1.40. The molecule has 6 nitrogen and oxygen atoms in total. The molecule has 0 heterocycles. The first-order valence-electron chi connectivity index (χ1n) is 9.96. The predicted octanol–water partition coefficient (Wildman–Crippen LogP) is 5.03. The number of amides is 1. The van der Waals surface area contributed by atoms with Crippen molar-refractivity contribution in [1.82, 2.24) is 0 Å². The Morgan fingerprint density at radius 1 is 0.967 bits per heavy atom. The molecule has 0 aliphatic heterocycles. The van der Waals surface area contributed by atoms with Crippen LogP contribution in [-0.4, -0.2) is 30.3 Å². The standard InChI is InChI=1S/C24H28N2O4/c1-23(2)12-13-24(3,4)20-14-18(10-11-19(20)23)26(21(27)15-25-30-5)17-8-6-16(7-9-17)22(28)29/h6-11,14-15H,12-13H2,1-5H3,(H,28,29). The van der Waals surface area contributed by atoms with Crippen LogP contribution in [0, 0.1) is 0 Å². The molecule has 0 spiro atoms. The van der Waals surface area contributed by atoms with E-state index < -0.39 is 5.97 Å². The smallest absolute Gasteiger partial charge is 0.335 e. The van der Waals surface area contributed by atoms with Gasteiger partial charge in [0.25, 0.3) is 5.91 Å². The fourth-order valence-electron chi connectivity index (χ4n) is 4.03. The number of benzene rings is 2. The maximum atomic E-state index is 13.0. The van der Waals surface area contributed by atoms with Gasteiger partial charge >= 0.3 is 5.97 Å². The van der Waals surface area contributed by atoms with Gasteiger partial charge < -0.3 is 9.94 Å². The SMILES string of the molecule is CON=CC(=O)N(c1ccc(C(=O)O)cc1)c1ccc2c(c1)C(C)(C)CCC2(C)C. The number of carboxylic acids is 1. The van der Waals surface area contributed by atoms with Crippen LogP contribution in [0.3, 0.4) is 0 Å². The van der Waals surface area contributed by atoms with Crippen LogP contribution < -0.4 is 4.90 Å². The van der Waals surface area contributed by atoms with Gasteiger partial charge in [0, 0.05) is 11.4 Å². The van der Waals surface area contributed by atoms with Gasteiger partial charge in [0.05, 0.1) is 5.56 Å². The number of fused-ring (bicyclic) bond motifs is 1. The zero-order chi connectivity index (χ0) is 22.1. The Bertz CT molecular complexity index is 991. The summed E-state index contributed by atoms with van der Waals surface area (Å²) < 4.78 is 0. The molecule has 0 aromatic heterocycles. The van der Waals surface area contributed by atoms with Crippen molar-refractivity contribution in [2.45, 2.75) is 51.4 Å². The minimum absolute atomic E-state index is 0.0106. The third-order valence-electron chi connectivity index (χ3n) is 5.96. The summed E-state index contributed by atoms with van der Waals surface area (Å²) in [5, 5.41) is 12.8. The van der Waals surface area contributed by atoms with Crippen molar-refractivity contribution in [2.75, 3.05) is 12.0 Å². The Balaban J connectivity index is 2.13. The molecular weight excluding hydrogens is 380 g/mol. The van der Waals surface area contributed by atoms with Gasteiger partial charge in [0.2, 0.25) is 0 Å². The summed E-state index contributed by atoms with van der Waals surface area (Å²) in [6, 6.07) is 12.3. The number of nitrogens with zero attached hydrogens (tertiary/aromatic N) is 2. The second-order valence-corrected chi connectivity index (χ2v) is 8.94. The molecule has 0 bridgehead atoms. The number of anilines is 2. The maximum absolute atomic E-state index is 13.0. The van der Waals surface area contributed by atoms with Gasteiger partial charge in [-0.05, 0) is 71.2 Å². The lowest BCUT2D eigenvalue weighted by atomic mass is 9.63. The molecule has 1 N–H and O–H groups in total. The van der Waals surface area contributed by atoms with Crippen molar-refractivity contribution >= 4 is 29.5 Å². The van der Waals surface area contributed by atoms with E-state index in [0.717, 1.165) is 19.1 Å². The van der Waals surface area contributed by atoms with Crippen LogP contribution in [0.25, 0.3) is 0 Å². The third kappa shape index (κ3) is 4.08. The first kappa shape index (κ1) is 21.6. The topological polar surface area (TPSA) is 79.2 Å². The number of carbonyl (C=O) groups excluding carboxylic acids is 1. The Morgan fingerprint density at radius 2 is 1.53 bits per heavy atom. The molecule has 0 atom stereocenters. The number of aromatic carboxylic acids is 1. The summed E-state index contributed by atoms with van der Waals surface area (Å²) in [7, 11) is 1.37. The van der Waals surface area contributed by atoms with Gasteiger partial charge in [-0.15, -0.1) is 0 Å². The number of hydrogen-bond donors (Lipinski definition) is 1. The number of rotatable bonds is 5. The molecule has 0 radical (unpaired) electrons. The van der Waals surface area contributed by atoms with Crippen molar-refractivity contribution in [2.24, 2.45) is 5.16 Å². The number of hydrogen-bond acceptors (Lipinski definition) is 4. The van der Waals surface area contributed by atoms with Crippen molar-refractivity contribution in [3.05, 3.63) is 59.2 Å². The lowest BCUT2D eigenvalue weighted by Gasteiger charge is -2.42. The molecule has 0 saturated heterocycles. The van der Waals surface area contributed by atoms with Crippen LogP contribution in [0.1, 0.15) is 62.0 Å². The second kappa shape index (κ2) is 7.94. The molecule has 2 aromatic carbocycles. The minimum atomic E-state index is -1.02. The lowest BCUT2D eigenvalue weighted by Crippen LogP contribution is -2.34. The van der Waals surface area contributed by atoms with Crippen molar-refractivity contribution in [3.8, 4) is 0 Å². The Labute approximate surface area is 177 Å². The van der Waals surface area contributed by atoms with E-state index in [9.17, 15) is 14.7 Å². The molecule has 0 saturated carbocycles. The van der Waals surface area contributed by atoms with E-state index in [2.05, 4.69) is 49.8 Å². The zero-order valence-corrected chi connectivity index (χ0v) is 18.1. The van der Waals surface area contributed by atoms with Gasteiger partial charge in [0.1, 0.15) is 13.3 Å². The van der Waals surface area contributed by atoms with Crippen molar-refractivity contribution in [3.63, 3.8) is 0 Å². The van der Waals surface area contributed by atoms with Gasteiger partial charge in [-0.2, -0.15) is 0 Å². The van der Waals surface area contributed by atoms with Crippen LogP contribution >= 0.6 is 0 Å². The van der Waals surface area contributed by atoms with Gasteiger partial charge in [0.15, 0.2) is 0 Å². The van der Waals surface area contributed by atoms with E-state index in [0.29, 0.717) is 11.4 Å². The van der Waals surface area contributed by atoms with E-state index in [1.54, 1.807) is 12.1 Å². The number of carbonyl (C=O) groups is 2. The molecule has 1 amide bonds. The summed E-state index contributed by atoms with van der Waals surface area (Å²) >= 11 is 0. The third-order valence-corrected chi connectivity index (χ3v) is 5.96. The zero-order valence-electron chi connectivity index (χ0n) is 18.1. The minimum Gasteiger partial charge on any atom is -0.478 e. The quantitative estimate of drug-likeness (QED) is 0.556. The molecule has 6 heteroatoms. The number of carboxylic acid groups (broad SMARTS) is 1. The highest BCUT2D eigenvalue weighted by Crippen LogP contribution is 2.47.